The molecule has 3 nitrogen and oxygen atoms in total. The number of allylic oxidation sites excluding steroid dienone is 1. The molecule has 2 aromatic heterocycles. The van der Waals surface area contributed by atoms with Gasteiger partial charge in [-0.1, -0.05) is 6.08 Å². The van der Waals surface area contributed by atoms with E-state index in [2.05, 4.69) is 48.3 Å². The molecule has 0 aliphatic heterocycles. The number of aryl methyl sites for hydroxylation is 3. The summed E-state index contributed by atoms with van der Waals surface area (Å²) in [4.78, 5) is 7.26. The number of rotatable bonds is 5. The van der Waals surface area contributed by atoms with Crippen molar-refractivity contribution >= 4 is 17.3 Å². The fourth-order valence-electron chi connectivity index (χ4n) is 2.29. The van der Waals surface area contributed by atoms with Gasteiger partial charge in [0.05, 0.1) is 11.7 Å². The van der Waals surface area contributed by atoms with Gasteiger partial charge in [0.25, 0.3) is 0 Å². The number of imidazole rings is 1. The van der Waals surface area contributed by atoms with Crippen LogP contribution in [0.2, 0.25) is 0 Å². The van der Waals surface area contributed by atoms with Crippen LogP contribution in [0.1, 0.15) is 34.0 Å². The zero-order valence-electron chi connectivity index (χ0n) is 12.0. The highest BCUT2D eigenvalue weighted by Crippen LogP contribution is 2.28. The molecule has 0 saturated heterocycles. The van der Waals surface area contributed by atoms with Crippen molar-refractivity contribution in [2.75, 3.05) is 5.32 Å². The molecule has 1 N–H and O–H groups in total. The van der Waals surface area contributed by atoms with E-state index in [-0.39, 0.29) is 6.04 Å². The smallest absolute Gasteiger partial charge is 0.203 e. The average Bonchev–Trinajstić information content (AvgIpc) is 2.83. The van der Waals surface area contributed by atoms with Gasteiger partial charge >= 0.3 is 0 Å². The van der Waals surface area contributed by atoms with Gasteiger partial charge in [-0.25, -0.2) is 4.98 Å². The monoisotopic (exact) mass is 275 g/mol. The molecule has 0 fully saturated rings. The van der Waals surface area contributed by atoms with Crippen molar-refractivity contribution in [3.8, 4) is 0 Å². The predicted molar refractivity (Wildman–Crippen MR) is 83.0 cm³/mol. The molecule has 4 heteroatoms. The molecule has 0 radical (unpaired) electrons. The van der Waals surface area contributed by atoms with Crippen LogP contribution in [0, 0.1) is 20.8 Å². The molecule has 1 atom stereocenters. The first-order valence-corrected chi connectivity index (χ1v) is 7.31. The topological polar surface area (TPSA) is 29.9 Å². The molecule has 19 heavy (non-hydrogen) atoms. The Kier molecular flexibility index (Phi) is 4.10. The van der Waals surface area contributed by atoms with Crippen molar-refractivity contribution in [3.63, 3.8) is 0 Å². The van der Waals surface area contributed by atoms with E-state index in [1.165, 1.54) is 15.3 Å². The van der Waals surface area contributed by atoms with Crippen molar-refractivity contribution in [1.29, 1.82) is 0 Å². The maximum absolute atomic E-state index is 4.54. The molecular formula is C15H21N3S. The summed E-state index contributed by atoms with van der Waals surface area (Å²) < 4.78 is 2.09. The van der Waals surface area contributed by atoms with Crippen LogP contribution in [0.15, 0.2) is 24.9 Å². The summed E-state index contributed by atoms with van der Waals surface area (Å²) in [7, 11) is 0. The minimum absolute atomic E-state index is 0.260. The first-order valence-electron chi connectivity index (χ1n) is 6.49. The number of aromatic nitrogens is 2. The average molecular weight is 275 g/mol. The highest BCUT2D eigenvalue weighted by atomic mass is 32.1. The van der Waals surface area contributed by atoms with Crippen LogP contribution in [0.3, 0.4) is 0 Å². The number of anilines is 1. The van der Waals surface area contributed by atoms with Gasteiger partial charge in [0.1, 0.15) is 0 Å². The van der Waals surface area contributed by atoms with Gasteiger partial charge in [-0.3, -0.25) is 0 Å². The molecule has 0 saturated carbocycles. The number of hydrogen-bond acceptors (Lipinski definition) is 3. The zero-order chi connectivity index (χ0) is 14.0. The van der Waals surface area contributed by atoms with E-state index in [1.807, 2.05) is 30.5 Å². The molecular weight excluding hydrogens is 254 g/mol. The largest absolute Gasteiger partial charge is 0.349 e. The highest BCUT2D eigenvalue weighted by molar-refractivity contribution is 7.12. The van der Waals surface area contributed by atoms with E-state index in [4.69, 9.17) is 0 Å². The molecule has 0 spiro atoms. The minimum Gasteiger partial charge on any atom is -0.349 e. The van der Waals surface area contributed by atoms with Crippen molar-refractivity contribution in [3.05, 3.63) is 45.9 Å². The van der Waals surface area contributed by atoms with E-state index >= 15 is 0 Å². The number of nitrogens with zero attached hydrogens (tertiary/aromatic N) is 2. The number of thiophene rings is 1. The van der Waals surface area contributed by atoms with Gasteiger partial charge in [0, 0.05) is 22.5 Å². The number of nitrogens with one attached hydrogen (secondary N) is 1. The molecule has 0 bridgehead atoms. The van der Waals surface area contributed by atoms with Crippen LogP contribution in [0.5, 0.6) is 0 Å². The lowest BCUT2D eigenvalue weighted by Gasteiger charge is -2.15. The van der Waals surface area contributed by atoms with Crippen molar-refractivity contribution in [1.82, 2.24) is 9.55 Å². The Morgan fingerprint density at radius 2 is 2.21 bits per heavy atom. The summed E-state index contributed by atoms with van der Waals surface area (Å²) in [5.74, 6) is 0.910. The maximum atomic E-state index is 4.54. The molecule has 0 aliphatic carbocycles. The highest BCUT2D eigenvalue weighted by Gasteiger charge is 2.13. The summed E-state index contributed by atoms with van der Waals surface area (Å²) in [6.45, 7) is 13.1. The lowest BCUT2D eigenvalue weighted by molar-refractivity contribution is 0.783. The summed E-state index contributed by atoms with van der Waals surface area (Å²) in [6.07, 6.45) is 3.93. The summed E-state index contributed by atoms with van der Waals surface area (Å²) in [5.41, 5.74) is 2.38. The maximum Gasteiger partial charge on any atom is 0.203 e. The molecule has 2 aromatic rings. The van der Waals surface area contributed by atoms with Crippen LogP contribution in [-0.2, 0) is 6.54 Å². The molecule has 0 aliphatic rings. The standard InChI is InChI=1S/C15H21N3S/c1-6-7-18-9-10(2)16-15(18)17-12(4)14-8-11(3)19-13(14)5/h6,8-9,12H,1,7H2,2-5H3,(H,16,17). The van der Waals surface area contributed by atoms with Gasteiger partial charge in [-0.05, 0) is 39.3 Å². The first kappa shape index (κ1) is 13.9. The Morgan fingerprint density at radius 3 is 2.79 bits per heavy atom. The van der Waals surface area contributed by atoms with Gasteiger partial charge < -0.3 is 9.88 Å². The zero-order valence-corrected chi connectivity index (χ0v) is 12.8. The van der Waals surface area contributed by atoms with Crippen LogP contribution in [-0.4, -0.2) is 9.55 Å². The van der Waals surface area contributed by atoms with Crippen LogP contribution < -0.4 is 5.32 Å². The van der Waals surface area contributed by atoms with Gasteiger partial charge in [-0.15, -0.1) is 17.9 Å². The summed E-state index contributed by atoms with van der Waals surface area (Å²) >= 11 is 1.84. The summed E-state index contributed by atoms with van der Waals surface area (Å²) in [5, 5.41) is 3.50. The van der Waals surface area contributed by atoms with Crippen LogP contribution in [0.25, 0.3) is 0 Å². The normalized spacial score (nSPS) is 12.4. The Balaban J connectivity index is 2.21. The Morgan fingerprint density at radius 1 is 1.47 bits per heavy atom. The molecule has 2 rings (SSSR count). The van der Waals surface area contributed by atoms with Crippen molar-refractivity contribution in [2.24, 2.45) is 0 Å². The van der Waals surface area contributed by atoms with E-state index in [1.54, 1.807) is 0 Å². The molecule has 102 valence electrons. The Labute approximate surface area is 119 Å². The van der Waals surface area contributed by atoms with Crippen LogP contribution in [0.4, 0.5) is 5.95 Å². The molecule has 2 heterocycles. The molecule has 0 amide bonds. The predicted octanol–water partition coefficient (Wildman–Crippen LogP) is 4.23. The van der Waals surface area contributed by atoms with E-state index in [9.17, 15) is 0 Å². The molecule has 0 aromatic carbocycles. The minimum atomic E-state index is 0.260. The van der Waals surface area contributed by atoms with Gasteiger partial charge in [0.2, 0.25) is 5.95 Å². The van der Waals surface area contributed by atoms with Crippen molar-refractivity contribution in [2.45, 2.75) is 40.3 Å². The third-order valence-electron chi connectivity index (χ3n) is 3.11. The second kappa shape index (κ2) is 5.61. The quantitative estimate of drug-likeness (QED) is 0.828. The van der Waals surface area contributed by atoms with Gasteiger partial charge in [-0.2, -0.15) is 0 Å². The lowest BCUT2D eigenvalue weighted by atomic mass is 10.1. The Bertz CT molecular complexity index is 580. The third kappa shape index (κ3) is 3.07. The SMILES string of the molecule is C=CCn1cc(C)nc1NC(C)c1cc(C)sc1C. The summed E-state index contributed by atoms with van der Waals surface area (Å²) in [6, 6.07) is 2.51. The third-order valence-corrected chi connectivity index (χ3v) is 4.10. The fraction of sp³-hybridized carbons (Fsp3) is 0.400. The van der Waals surface area contributed by atoms with E-state index < -0.39 is 0 Å². The van der Waals surface area contributed by atoms with Crippen LogP contribution >= 0.6 is 11.3 Å². The lowest BCUT2D eigenvalue weighted by Crippen LogP contribution is -2.11. The van der Waals surface area contributed by atoms with Crippen molar-refractivity contribution < 1.29 is 0 Å². The van der Waals surface area contributed by atoms with E-state index in [0.717, 1.165) is 18.2 Å². The molecule has 1 unspecified atom stereocenters. The number of hydrogen-bond donors (Lipinski definition) is 1. The Hall–Kier alpha value is -1.55. The van der Waals surface area contributed by atoms with Gasteiger partial charge in [0.15, 0.2) is 0 Å². The van der Waals surface area contributed by atoms with E-state index in [0.29, 0.717) is 0 Å². The second-order valence-electron chi connectivity index (χ2n) is 4.88. The first-order chi connectivity index (χ1) is 9.01. The fourth-order valence-corrected chi connectivity index (χ4v) is 3.31. The second-order valence-corrected chi connectivity index (χ2v) is 6.34.